The van der Waals surface area contributed by atoms with E-state index in [1.807, 2.05) is 0 Å². The van der Waals surface area contributed by atoms with E-state index in [1.54, 1.807) is 0 Å². The Morgan fingerprint density at radius 1 is 1.17 bits per heavy atom. The van der Waals surface area contributed by atoms with Crippen molar-refractivity contribution in [3.8, 4) is 5.75 Å². The molecule has 35 heavy (non-hydrogen) atoms. The molecule has 3 aromatic rings. The second-order valence-corrected chi connectivity index (χ2v) is 9.82. The fraction of sp³-hybridized carbons (Fsp3) is 0.400. The molecule has 15 heteroatoms. The fourth-order valence-electron chi connectivity index (χ4n) is 3.60. The zero-order valence-corrected chi connectivity index (χ0v) is 19.8. The molecule has 10 nitrogen and oxygen atoms in total. The van der Waals surface area contributed by atoms with Gasteiger partial charge in [0.05, 0.1) is 12.8 Å². The van der Waals surface area contributed by atoms with Crippen molar-refractivity contribution < 1.29 is 27.5 Å². The standard InChI is InChI=1S/C20H20F3N7O3S2/c21-20(22,23)33-13-5-1-3-11(7-13)8-15(32)25-18-28-29-19(35-18)30-6-2-4-12(10-30)17-27-26-16(34-17)9-14(24)31/h1,3,5,7,12H,2,4,6,8-10H2,(H2,24,31)(H,25,28,32). The highest BCUT2D eigenvalue weighted by atomic mass is 32.1. The van der Waals surface area contributed by atoms with Crippen LogP contribution in [0.15, 0.2) is 24.3 Å². The number of nitrogens with one attached hydrogen (secondary N) is 1. The van der Waals surface area contributed by atoms with Crippen LogP contribution in [0.5, 0.6) is 5.75 Å². The average Bonchev–Trinajstić information content (AvgIpc) is 3.42. The average molecular weight is 528 g/mol. The first-order valence-corrected chi connectivity index (χ1v) is 12.1. The smallest absolute Gasteiger partial charge is 0.406 e. The Labute approximate surface area is 205 Å². The van der Waals surface area contributed by atoms with E-state index in [1.165, 1.54) is 34.8 Å². The number of hydrogen-bond acceptors (Lipinski definition) is 10. The summed E-state index contributed by atoms with van der Waals surface area (Å²) in [4.78, 5) is 25.5. The highest BCUT2D eigenvalue weighted by Crippen LogP contribution is 2.34. The van der Waals surface area contributed by atoms with Crippen LogP contribution in [0.2, 0.25) is 0 Å². The summed E-state index contributed by atoms with van der Waals surface area (Å²) in [6.45, 7) is 1.40. The minimum atomic E-state index is -4.81. The van der Waals surface area contributed by atoms with Crippen LogP contribution in [0.1, 0.15) is 34.3 Å². The normalized spacial score (nSPS) is 16.2. The molecule has 1 aliphatic rings. The molecule has 4 rings (SSSR count). The van der Waals surface area contributed by atoms with Gasteiger partial charge < -0.3 is 20.7 Å². The number of aromatic nitrogens is 4. The van der Waals surface area contributed by atoms with Crippen LogP contribution in [0.3, 0.4) is 0 Å². The lowest BCUT2D eigenvalue weighted by Gasteiger charge is -2.30. The number of hydrogen-bond donors (Lipinski definition) is 2. The molecular weight excluding hydrogens is 507 g/mol. The Kier molecular flexibility index (Phi) is 7.45. The quantitative estimate of drug-likeness (QED) is 0.456. The fourth-order valence-corrected chi connectivity index (χ4v) is 5.37. The molecule has 1 saturated heterocycles. The highest BCUT2D eigenvalue weighted by Gasteiger charge is 2.31. The summed E-state index contributed by atoms with van der Waals surface area (Å²) >= 11 is 2.58. The minimum Gasteiger partial charge on any atom is -0.406 e. The molecule has 0 radical (unpaired) electrons. The number of nitrogens with two attached hydrogens (primary N) is 1. The van der Waals surface area contributed by atoms with E-state index in [4.69, 9.17) is 5.73 Å². The van der Waals surface area contributed by atoms with E-state index in [0.29, 0.717) is 22.2 Å². The molecule has 1 aromatic carbocycles. The molecule has 2 amide bonds. The van der Waals surface area contributed by atoms with E-state index in [2.05, 4.69) is 35.3 Å². The number of rotatable bonds is 8. The summed E-state index contributed by atoms with van der Waals surface area (Å²) in [5, 5.41) is 21.4. The molecule has 0 aliphatic carbocycles. The maximum atomic E-state index is 12.4. The number of carbonyl (C=O) groups excluding carboxylic acids is 2. The Hall–Kier alpha value is -3.33. The van der Waals surface area contributed by atoms with Crippen LogP contribution in [-0.4, -0.2) is 51.7 Å². The zero-order valence-electron chi connectivity index (χ0n) is 18.1. The first-order valence-electron chi connectivity index (χ1n) is 10.5. The maximum Gasteiger partial charge on any atom is 0.573 e. The Bertz CT molecular complexity index is 1200. The molecule has 3 N–H and O–H groups in total. The van der Waals surface area contributed by atoms with Gasteiger partial charge in [0.1, 0.15) is 15.8 Å². The van der Waals surface area contributed by atoms with E-state index in [9.17, 15) is 22.8 Å². The van der Waals surface area contributed by atoms with E-state index in [-0.39, 0.29) is 23.9 Å². The maximum absolute atomic E-state index is 12.4. The number of primary amides is 1. The number of nitrogens with zero attached hydrogens (tertiary/aromatic N) is 5. The van der Waals surface area contributed by atoms with Crippen molar-refractivity contribution in [1.82, 2.24) is 20.4 Å². The third-order valence-electron chi connectivity index (χ3n) is 5.01. The molecule has 2 aromatic heterocycles. The van der Waals surface area contributed by atoms with Gasteiger partial charge in [-0.15, -0.1) is 44.9 Å². The summed E-state index contributed by atoms with van der Waals surface area (Å²) in [7, 11) is 0. The summed E-state index contributed by atoms with van der Waals surface area (Å²) in [6, 6.07) is 5.24. The van der Waals surface area contributed by atoms with Crippen molar-refractivity contribution in [3.05, 3.63) is 39.8 Å². The Morgan fingerprint density at radius 3 is 2.77 bits per heavy atom. The lowest BCUT2D eigenvalue weighted by atomic mass is 9.99. The predicted octanol–water partition coefficient (Wildman–Crippen LogP) is 2.88. The molecule has 0 spiro atoms. The second kappa shape index (κ2) is 10.5. The van der Waals surface area contributed by atoms with Gasteiger partial charge in [-0.2, -0.15) is 0 Å². The van der Waals surface area contributed by atoms with Crippen LogP contribution in [-0.2, 0) is 22.4 Å². The number of halogens is 3. The molecule has 0 bridgehead atoms. The third kappa shape index (κ3) is 7.08. The number of carbonyl (C=O) groups is 2. The highest BCUT2D eigenvalue weighted by molar-refractivity contribution is 7.19. The van der Waals surface area contributed by atoms with Crippen LogP contribution >= 0.6 is 22.7 Å². The first-order chi connectivity index (χ1) is 16.6. The lowest BCUT2D eigenvalue weighted by molar-refractivity contribution is -0.274. The van der Waals surface area contributed by atoms with Crippen molar-refractivity contribution >= 4 is 44.8 Å². The summed E-state index contributed by atoms with van der Waals surface area (Å²) in [6.07, 6.45) is -3.08. The van der Waals surface area contributed by atoms with Gasteiger partial charge >= 0.3 is 6.36 Å². The van der Waals surface area contributed by atoms with Crippen LogP contribution in [0, 0.1) is 0 Å². The van der Waals surface area contributed by atoms with Gasteiger partial charge in [0.2, 0.25) is 22.1 Å². The van der Waals surface area contributed by atoms with Gasteiger partial charge in [-0.05, 0) is 30.5 Å². The van der Waals surface area contributed by atoms with E-state index < -0.39 is 23.9 Å². The van der Waals surface area contributed by atoms with Crippen LogP contribution in [0.4, 0.5) is 23.4 Å². The molecule has 1 aliphatic heterocycles. The van der Waals surface area contributed by atoms with Gasteiger partial charge in [-0.1, -0.05) is 23.5 Å². The SMILES string of the molecule is NC(=O)Cc1nnc(C2CCCN(c3nnc(NC(=O)Cc4cccc(OC(F)(F)F)c4)s3)C2)s1. The first kappa shape index (κ1) is 24.8. The Balaban J connectivity index is 1.34. The third-order valence-corrected chi connectivity index (χ3v) is 6.99. The number of benzene rings is 1. The number of alkyl halides is 3. The molecule has 0 saturated carbocycles. The molecule has 1 unspecified atom stereocenters. The molecule has 1 fully saturated rings. The summed E-state index contributed by atoms with van der Waals surface area (Å²) in [5.41, 5.74) is 5.58. The topological polar surface area (TPSA) is 136 Å². The largest absolute Gasteiger partial charge is 0.573 e. The van der Waals surface area contributed by atoms with Gasteiger partial charge in [-0.25, -0.2) is 0 Å². The van der Waals surface area contributed by atoms with Crippen LogP contribution in [0.25, 0.3) is 0 Å². The Morgan fingerprint density at radius 2 is 2.00 bits per heavy atom. The van der Waals surface area contributed by atoms with Gasteiger partial charge in [-0.3, -0.25) is 9.59 Å². The minimum absolute atomic E-state index is 0.0627. The number of amides is 2. The van der Waals surface area contributed by atoms with Gasteiger partial charge in [0.25, 0.3) is 0 Å². The number of ether oxygens (including phenoxy) is 1. The van der Waals surface area contributed by atoms with Crippen LogP contribution < -0.4 is 20.7 Å². The molecular formula is C20H20F3N7O3S2. The van der Waals surface area contributed by atoms with Gasteiger partial charge in [0, 0.05) is 19.0 Å². The van der Waals surface area contributed by atoms with Crippen molar-refractivity contribution in [1.29, 1.82) is 0 Å². The monoisotopic (exact) mass is 527 g/mol. The summed E-state index contributed by atoms with van der Waals surface area (Å²) < 4.78 is 41.1. The number of anilines is 2. The summed E-state index contributed by atoms with van der Waals surface area (Å²) in [5.74, 6) is -1.16. The van der Waals surface area contributed by atoms with Crippen molar-refractivity contribution in [2.75, 3.05) is 23.3 Å². The zero-order chi connectivity index (χ0) is 25.0. The molecule has 186 valence electrons. The van der Waals surface area contributed by atoms with Crippen molar-refractivity contribution in [3.63, 3.8) is 0 Å². The lowest BCUT2D eigenvalue weighted by Crippen LogP contribution is -2.34. The molecule has 1 atom stereocenters. The van der Waals surface area contributed by atoms with E-state index in [0.717, 1.165) is 36.5 Å². The van der Waals surface area contributed by atoms with Gasteiger partial charge in [0.15, 0.2) is 0 Å². The van der Waals surface area contributed by atoms with Crippen molar-refractivity contribution in [2.45, 2.75) is 38.0 Å². The molecule has 3 heterocycles. The predicted molar refractivity (Wildman–Crippen MR) is 122 cm³/mol. The van der Waals surface area contributed by atoms with E-state index >= 15 is 0 Å². The van der Waals surface area contributed by atoms with Crippen molar-refractivity contribution in [2.24, 2.45) is 5.73 Å². The number of piperidine rings is 1. The second-order valence-electron chi connectivity index (χ2n) is 7.77.